The fourth-order valence-electron chi connectivity index (χ4n) is 2.88. The molecule has 0 unspecified atom stereocenters. The highest BCUT2D eigenvalue weighted by atomic mass is 32.1. The van der Waals surface area contributed by atoms with Gasteiger partial charge in [0.25, 0.3) is 0 Å². The minimum atomic E-state index is -0.00582. The summed E-state index contributed by atoms with van der Waals surface area (Å²) in [7, 11) is 0. The summed E-state index contributed by atoms with van der Waals surface area (Å²) < 4.78 is 5.34. The number of aromatic nitrogens is 2. The zero-order valence-electron chi connectivity index (χ0n) is 11.7. The van der Waals surface area contributed by atoms with Crippen LogP contribution in [0.2, 0.25) is 0 Å². The molecule has 21 heavy (non-hydrogen) atoms. The molecule has 2 aromatic heterocycles. The standard InChI is InChI=1S/C15H17N3O2S/c19-13(9-11-3-2-8-21-11)18-7-1-4-12(18)14-16-15(20-17-14)10-5-6-10/h2-3,8,10,12H,1,4-7,9H2/t12-/m0/s1. The minimum Gasteiger partial charge on any atom is -0.339 e. The Morgan fingerprint density at radius 2 is 2.33 bits per heavy atom. The number of rotatable bonds is 4. The molecule has 1 aliphatic carbocycles. The molecule has 110 valence electrons. The average Bonchev–Trinajstić information content (AvgIpc) is 2.94. The van der Waals surface area contributed by atoms with Gasteiger partial charge in [-0.2, -0.15) is 4.98 Å². The van der Waals surface area contributed by atoms with Gasteiger partial charge >= 0.3 is 0 Å². The SMILES string of the molecule is O=C(Cc1cccs1)N1CCC[C@H]1c1noc(C2CC2)n1. The molecule has 2 aliphatic rings. The summed E-state index contributed by atoms with van der Waals surface area (Å²) in [5.41, 5.74) is 0. The van der Waals surface area contributed by atoms with E-state index in [-0.39, 0.29) is 11.9 Å². The summed E-state index contributed by atoms with van der Waals surface area (Å²) in [5.74, 6) is 2.07. The van der Waals surface area contributed by atoms with E-state index in [0.29, 0.717) is 18.2 Å². The highest BCUT2D eigenvalue weighted by molar-refractivity contribution is 7.10. The highest BCUT2D eigenvalue weighted by Crippen LogP contribution is 2.40. The molecule has 0 spiro atoms. The molecule has 4 rings (SSSR count). The molecule has 6 heteroatoms. The van der Waals surface area contributed by atoms with Crippen LogP contribution in [0.5, 0.6) is 0 Å². The fraction of sp³-hybridized carbons (Fsp3) is 0.533. The van der Waals surface area contributed by atoms with Gasteiger partial charge in [-0.25, -0.2) is 0 Å². The normalized spacial score (nSPS) is 21.9. The lowest BCUT2D eigenvalue weighted by atomic mass is 10.2. The molecule has 0 N–H and O–H groups in total. The van der Waals surface area contributed by atoms with Crippen LogP contribution in [0.15, 0.2) is 22.0 Å². The number of carbonyl (C=O) groups excluding carboxylic acids is 1. The second-order valence-corrected chi connectivity index (χ2v) is 6.80. The van der Waals surface area contributed by atoms with Crippen LogP contribution in [0.4, 0.5) is 0 Å². The number of likely N-dealkylation sites (tertiary alicyclic amines) is 1. The Labute approximate surface area is 127 Å². The molecule has 0 radical (unpaired) electrons. The zero-order chi connectivity index (χ0) is 14.2. The van der Waals surface area contributed by atoms with Gasteiger partial charge in [0.05, 0.1) is 12.5 Å². The van der Waals surface area contributed by atoms with Crippen molar-refractivity contribution < 1.29 is 9.32 Å². The molecule has 1 aliphatic heterocycles. The predicted molar refractivity (Wildman–Crippen MR) is 78.0 cm³/mol. The van der Waals surface area contributed by atoms with Crippen molar-refractivity contribution in [2.45, 2.75) is 44.1 Å². The second-order valence-electron chi connectivity index (χ2n) is 5.77. The lowest BCUT2D eigenvalue weighted by Gasteiger charge is -2.21. The molecule has 2 aromatic rings. The van der Waals surface area contributed by atoms with E-state index in [9.17, 15) is 4.79 Å². The largest absolute Gasteiger partial charge is 0.339 e. The Hall–Kier alpha value is -1.69. The van der Waals surface area contributed by atoms with E-state index in [1.165, 1.54) is 0 Å². The van der Waals surface area contributed by atoms with Crippen LogP contribution in [0.1, 0.15) is 54.2 Å². The molecule has 1 amide bonds. The quantitative estimate of drug-likeness (QED) is 0.871. The number of carbonyl (C=O) groups is 1. The monoisotopic (exact) mass is 303 g/mol. The lowest BCUT2D eigenvalue weighted by Crippen LogP contribution is -2.32. The Morgan fingerprint density at radius 1 is 1.43 bits per heavy atom. The third kappa shape index (κ3) is 2.60. The lowest BCUT2D eigenvalue weighted by molar-refractivity contribution is -0.131. The predicted octanol–water partition coefficient (Wildman–Crippen LogP) is 2.91. The second kappa shape index (κ2) is 5.26. The van der Waals surface area contributed by atoms with E-state index in [4.69, 9.17) is 4.52 Å². The van der Waals surface area contributed by atoms with E-state index in [1.807, 2.05) is 22.4 Å². The van der Waals surface area contributed by atoms with Gasteiger partial charge in [-0.15, -0.1) is 11.3 Å². The fourth-order valence-corrected chi connectivity index (χ4v) is 3.57. The maximum atomic E-state index is 12.5. The van der Waals surface area contributed by atoms with E-state index < -0.39 is 0 Å². The number of thiophene rings is 1. The van der Waals surface area contributed by atoms with Crippen molar-refractivity contribution in [2.75, 3.05) is 6.54 Å². The van der Waals surface area contributed by atoms with Crippen molar-refractivity contribution in [1.29, 1.82) is 0 Å². The summed E-state index contributed by atoms with van der Waals surface area (Å²) in [6.07, 6.45) is 4.70. The van der Waals surface area contributed by atoms with Crippen LogP contribution >= 0.6 is 11.3 Å². The molecule has 1 saturated carbocycles. The molecule has 1 atom stereocenters. The molecule has 0 bridgehead atoms. The van der Waals surface area contributed by atoms with Crippen molar-refractivity contribution >= 4 is 17.2 Å². The first kappa shape index (κ1) is 13.0. The molecule has 1 saturated heterocycles. The Kier molecular flexibility index (Phi) is 3.25. The molecular weight excluding hydrogens is 286 g/mol. The number of hydrogen-bond acceptors (Lipinski definition) is 5. The van der Waals surface area contributed by atoms with Gasteiger partial charge in [0.2, 0.25) is 11.8 Å². The van der Waals surface area contributed by atoms with Crippen molar-refractivity contribution in [2.24, 2.45) is 0 Å². The third-order valence-electron chi connectivity index (χ3n) is 4.16. The van der Waals surface area contributed by atoms with Crippen LogP contribution in [0.3, 0.4) is 0 Å². The van der Waals surface area contributed by atoms with Crippen molar-refractivity contribution in [1.82, 2.24) is 15.0 Å². The summed E-state index contributed by atoms with van der Waals surface area (Å²) in [4.78, 5) is 20.0. The third-order valence-corrected chi connectivity index (χ3v) is 5.04. The maximum absolute atomic E-state index is 12.5. The molecule has 0 aromatic carbocycles. The van der Waals surface area contributed by atoms with E-state index >= 15 is 0 Å². The van der Waals surface area contributed by atoms with Crippen molar-refractivity contribution in [3.63, 3.8) is 0 Å². The summed E-state index contributed by atoms with van der Waals surface area (Å²) in [6, 6.07) is 3.98. The highest BCUT2D eigenvalue weighted by Gasteiger charge is 2.35. The first-order chi connectivity index (χ1) is 10.3. The van der Waals surface area contributed by atoms with Crippen LogP contribution < -0.4 is 0 Å². The van der Waals surface area contributed by atoms with Crippen LogP contribution in [0, 0.1) is 0 Å². The molecule has 3 heterocycles. The van der Waals surface area contributed by atoms with Crippen molar-refractivity contribution in [3.8, 4) is 0 Å². The molecular formula is C15H17N3O2S. The van der Waals surface area contributed by atoms with Gasteiger partial charge in [-0.1, -0.05) is 11.2 Å². The number of nitrogens with zero attached hydrogens (tertiary/aromatic N) is 3. The number of amides is 1. The Morgan fingerprint density at radius 3 is 3.10 bits per heavy atom. The van der Waals surface area contributed by atoms with Gasteiger partial charge in [0.1, 0.15) is 0 Å². The summed E-state index contributed by atoms with van der Waals surface area (Å²) in [5, 5.41) is 6.12. The van der Waals surface area contributed by atoms with Gasteiger partial charge in [0, 0.05) is 17.3 Å². The molecule has 5 nitrogen and oxygen atoms in total. The van der Waals surface area contributed by atoms with E-state index in [1.54, 1.807) is 11.3 Å². The summed E-state index contributed by atoms with van der Waals surface area (Å²) >= 11 is 1.63. The van der Waals surface area contributed by atoms with Crippen molar-refractivity contribution in [3.05, 3.63) is 34.1 Å². The van der Waals surface area contributed by atoms with E-state index in [2.05, 4.69) is 10.1 Å². The Balaban J connectivity index is 1.49. The average molecular weight is 303 g/mol. The molecule has 2 fully saturated rings. The number of hydrogen-bond donors (Lipinski definition) is 0. The maximum Gasteiger partial charge on any atom is 0.229 e. The first-order valence-corrected chi connectivity index (χ1v) is 8.34. The Bertz CT molecular complexity index is 633. The van der Waals surface area contributed by atoms with Gasteiger partial charge in [0.15, 0.2) is 5.82 Å². The topological polar surface area (TPSA) is 59.2 Å². The smallest absolute Gasteiger partial charge is 0.229 e. The minimum absolute atomic E-state index is 0.00582. The van der Waals surface area contributed by atoms with Gasteiger partial charge < -0.3 is 9.42 Å². The zero-order valence-corrected chi connectivity index (χ0v) is 12.5. The van der Waals surface area contributed by atoms with Crippen LogP contribution in [-0.2, 0) is 11.2 Å². The first-order valence-electron chi connectivity index (χ1n) is 7.46. The van der Waals surface area contributed by atoms with Gasteiger partial charge in [-0.3, -0.25) is 4.79 Å². The van der Waals surface area contributed by atoms with E-state index in [0.717, 1.165) is 43.0 Å². The van der Waals surface area contributed by atoms with Gasteiger partial charge in [-0.05, 0) is 37.1 Å². The summed E-state index contributed by atoms with van der Waals surface area (Å²) in [6.45, 7) is 0.794. The van der Waals surface area contributed by atoms with Crippen LogP contribution in [-0.4, -0.2) is 27.5 Å². The van der Waals surface area contributed by atoms with Crippen LogP contribution in [0.25, 0.3) is 0 Å².